The first kappa shape index (κ1) is 31.2. The SMILES string of the molecule is CCOCc1ccc(NC(=O)[C@H](CCCNC(N)=O)CC(=O)[C@@H](NC(=O)CN2C(=O)C=CC2=O)C(C)C)cc1. The summed E-state index contributed by atoms with van der Waals surface area (Å²) in [5.74, 6) is -3.68. The number of nitrogens with two attached hydrogens (primary N) is 1. The highest BCUT2D eigenvalue weighted by atomic mass is 16.5. The largest absolute Gasteiger partial charge is 0.377 e. The van der Waals surface area contributed by atoms with Crippen molar-refractivity contribution in [2.75, 3.05) is 25.0 Å². The minimum absolute atomic E-state index is 0.170. The van der Waals surface area contributed by atoms with Crippen LogP contribution in [-0.4, -0.2) is 66.1 Å². The van der Waals surface area contributed by atoms with Gasteiger partial charge in [0, 0.05) is 43.3 Å². The van der Waals surface area contributed by atoms with Crippen molar-refractivity contribution >= 4 is 41.1 Å². The zero-order valence-corrected chi connectivity index (χ0v) is 22.5. The van der Waals surface area contributed by atoms with Crippen LogP contribution >= 0.6 is 0 Å². The number of Topliss-reactive ketones (excluding diaryl/α,β-unsaturated/α-hetero) is 1. The second-order valence-corrected chi connectivity index (χ2v) is 9.51. The monoisotopic (exact) mass is 543 g/mol. The normalized spacial score (nSPS) is 14.3. The Labute approximate surface area is 227 Å². The summed E-state index contributed by atoms with van der Waals surface area (Å²) in [5, 5.41) is 7.89. The zero-order chi connectivity index (χ0) is 28.9. The minimum Gasteiger partial charge on any atom is -0.377 e. The van der Waals surface area contributed by atoms with Crippen molar-refractivity contribution in [3.63, 3.8) is 0 Å². The Bertz CT molecular complexity index is 1070. The summed E-state index contributed by atoms with van der Waals surface area (Å²) in [6.45, 7) is 6.14. The molecule has 0 fully saturated rings. The van der Waals surface area contributed by atoms with Crippen LogP contribution < -0.4 is 21.7 Å². The Hall–Kier alpha value is -4.06. The molecule has 2 atom stereocenters. The molecule has 1 aromatic carbocycles. The molecular formula is C27H37N5O7. The van der Waals surface area contributed by atoms with Crippen molar-refractivity contribution in [3.8, 4) is 0 Å². The van der Waals surface area contributed by atoms with Crippen molar-refractivity contribution in [2.45, 2.75) is 52.7 Å². The number of hydrogen-bond donors (Lipinski definition) is 4. The van der Waals surface area contributed by atoms with E-state index in [1.165, 1.54) is 0 Å². The molecule has 2 rings (SSSR count). The number of urea groups is 1. The van der Waals surface area contributed by atoms with Crippen LogP contribution in [0.4, 0.5) is 10.5 Å². The van der Waals surface area contributed by atoms with E-state index in [2.05, 4.69) is 16.0 Å². The van der Waals surface area contributed by atoms with E-state index in [1.54, 1.807) is 26.0 Å². The Kier molecular flexibility index (Phi) is 12.3. The average Bonchev–Trinajstić information content (AvgIpc) is 3.20. The van der Waals surface area contributed by atoms with Gasteiger partial charge >= 0.3 is 6.03 Å². The summed E-state index contributed by atoms with van der Waals surface area (Å²) in [6, 6.07) is 5.53. The van der Waals surface area contributed by atoms with Crippen molar-refractivity contribution < 1.29 is 33.5 Å². The maximum absolute atomic E-state index is 13.3. The lowest BCUT2D eigenvalue weighted by Crippen LogP contribution is -2.49. The van der Waals surface area contributed by atoms with Gasteiger partial charge in [0.1, 0.15) is 6.54 Å². The molecule has 39 heavy (non-hydrogen) atoms. The zero-order valence-electron chi connectivity index (χ0n) is 22.5. The summed E-state index contributed by atoms with van der Waals surface area (Å²) in [6.07, 6.45) is 2.65. The second kappa shape index (κ2) is 15.4. The number of rotatable bonds is 16. The first-order valence-corrected chi connectivity index (χ1v) is 12.9. The van der Waals surface area contributed by atoms with E-state index in [1.807, 2.05) is 19.1 Å². The first-order chi connectivity index (χ1) is 18.5. The van der Waals surface area contributed by atoms with E-state index in [0.717, 1.165) is 22.6 Å². The molecule has 0 spiro atoms. The van der Waals surface area contributed by atoms with E-state index < -0.39 is 42.3 Å². The molecule has 0 aliphatic carbocycles. The molecule has 1 aromatic rings. The minimum atomic E-state index is -0.935. The number of carbonyl (C=O) groups excluding carboxylic acids is 6. The molecule has 1 aliphatic rings. The molecule has 5 N–H and O–H groups in total. The number of nitrogens with one attached hydrogen (secondary N) is 3. The number of carbonyl (C=O) groups is 6. The Balaban J connectivity index is 2.07. The van der Waals surface area contributed by atoms with E-state index >= 15 is 0 Å². The number of benzene rings is 1. The van der Waals surface area contributed by atoms with Gasteiger partial charge in [0.2, 0.25) is 11.8 Å². The number of imide groups is 1. The van der Waals surface area contributed by atoms with Gasteiger partial charge in [-0.1, -0.05) is 26.0 Å². The Morgan fingerprint density at radius 3 is 2.23 bits per heavy atom. The molecule has 0 radical (unpaired) electrons. The highest BCUT2D eigenvalue weighted by molar-refractivity contribution is 6.14. The van der Waals surface area contributed by atoms with Crippen molar-refractivity contribution in [1.82, 2.24) is 15.5 Å². The number of ether oxygens (including phenoxy) is 1. The molecule has 0 saturated carbocycles. The lowest BCUT2D eigenvalue weighted by Gasteiger charge is -2.25. The van der Waals surface area contributed by atoms with Gasteiger partial charge in [-0.3, -0.25) is 28.9 Å². The van der Waals surface area contributed by atoms with Crippen LogP contribution in [-0.2, 0) is 35.3 Å². The molecule has 1 aliphatic heterocycles. The lowest BCUT2D eigenvalue weighted by molar-refractivity contribution is -0.141. The molecule has 212 valence electrons. The van der Waals surface area contributed by atoms with Crippen LogP contribution in [0.3, 0.4) is 0 Å². The quantitative estimate of drug-likeness (QED) is 0.179. The maximum atomic E-state index is 13.3. The van der Waals surface area contributed by atoms with Gasteiger partial charge in [0.25, 0.3) is 11.8 Å². The van der Waals surface area contributed by atoms with Gasteiger partial charge in [-0.25, -0.2) is 4.79 Å². The van der Waals surface area contributed by atoms with Crippen LogP contribution in [0.25, 0.3) is 0 Å². The lowest BCUT2D eigenvalue weighted by atomic mass is 9.89. The third-order valence-corrected chi connectivity index (χ3v) is 6.07. The molecule has 0 unspecified atom stereocenters. The van der Waals surface area contributed by atoms with Crippen LogP contribution in [0, 0.1) is 11.8 Å². The van der Waals surface area contributed by atoms with Crippen molar-refractivity contribution in [2.24, 2.45) is 17.6 Å². The van der Waals surface area contributed by atoms with Crippen LogP contribution in [0.1, 0.15) is 45.6 Å². The molecule has 6 amide bonds. The predicted molar refractivity (Wildman–Crippen MR) is 143 cm³/mol. The molecule has 12 heteroatoms. The van der Waals surface area contributed by atoms with E-state index in [9.17, 15) is 28.8 Å². The summed E-state index contributed by atoms with van der Waals surface area (Å²) >= 11 is 0. The predicted octanol–water partition coefficient (Wildman–Crippen LogP) is 1.25. The van der Waals surface area contributed by atoms with Gasteiger partial charge in [0.15, 0.2) is 5.78 Å². The summed E-state index contributed by atoms with van der Waals surface area (Å²) in [5.41, 5.74) is 6.61. The van der Waals surface area contributed by atoms with Crippen LogP contribution in [0.5, 0.6) is 0 Å². The standard InChI is InChI=1S/C27H37N5O7/c1-4-39-16-18-7-9-20(10-8-18)30-26(37)19(6-5-13-29-27(28)38)14-21(33)25(17(2)3)31-22(34)15-32-23(35)11-12-24(32)36/h7-12,17,19,25H,4-6,13-16H2,1-3H3,(H,30,37)(H,31,34)(H3,28,29,38)/t19-,25+/m1/s1. The topological polar surface area (TPSA) is 177 Å². The van der Waals surface area contributed by atoms with Gasteiger partial charge in [-0.2, -0.15) is 0 Å². The van der Waals surface area contributed by atoms with Gasteiger partial charge < -0.3 is 26.4 Å². The van der Waals surface area contributed by atoms with Gasteiger partial charge in [0.05, 0.1) is 12.6 Å². The molecule has 0 aromatic heterocycles. The van der Waals surface area contributed by atoms with E-state index in [4.69, 9.17) is 10.5 Å². The highest BCUT2D eigenvalue weighted by Gasteiger charge is 2.31. The second-order valence-electron chi connectivity index (χ2n) is 9.51. The number of primary amides is 1. The van der Waals surface area contributed by atoms with E-state index in [-0.39, 0.29) is 37.0 Å². The molecule has 1 heterocycles. The fraction of sp³-hybridized carbons (Fsp3) is 0.481. The van der Waals surface area contributed by atoms with Crippen LogP contribution in [0.2, 0.25) is 0 Å². The number of ketones is 1. The van der Waals surface area contributed by atoms with Crippen LogP contribution in [0.15, 0.2) is 36.4 Å². The molecular weight excluding hydrogens is 506 g/mol. The molecule has 0 bridgehead atoms. The molecule has 0 saturated heterocycles. The maximum Gasteiger partial charge on any atom is 0.312 e. The Morgan fingerprint density at radius 1 is 1.03 bits per heavy atom. The fourth-order valence-electron chi connectivity index (χ4n) is 3.97. The summed E-state index contributed by atoms with van der Waals surface area (Å²) < 4.78 is 5.38. The molecule has 12 nitrogen and oxygen atoms in total. The first-order valence-electron chi connectivity index (χ1n) is 12.9. The summed E-state index contributed by atoms with van der Waals surface area (Å²) in [7, 11) is 0. The average molecular weight is 544 g/mol. The number of hydrogen-bond acceptors (Lipinski definition) is 7. The Morgan fingerprint density at radius 2 is 1.67 bits per heavy atom. The summed E-state index contributed by atoms with van der Waals surface area (Å²) in [4.78, 5) is 74.3. The number of amides is 6. The third kappa shape index (κ3) is 10.3. The van der Waals surface area contributed by atoms with Crippen molar-refractivity contribution in [1.29, 1.82) is 0 Å². The third-order valence-electron chi connectivity index (χ3n) is 6.07. The van der Waals surface area contributed by atoms with Crippen molar-refractivity contribution in [3.05, 3.63) is 42.0 Å². The van der Waals surface area contributed by atoms with E-state index in [0.29, 0.717) is 25.3 Å². The van der Waals surface area contributed by atoms with Gasteiger partial charge in [-0.15, -0.1) is 0 Å². The smallest absolute Gasteiger partial charge is 0.312 e. The fourth-order valence-corrected chi connectivity index (χ4v) is 3.97. The highest BCUT2D eigenvalue weighted by Crippen LogP contribution is 2.19. The number of anilines is 1. The number of nitrogens with zero attached hydrogens (tertiary/aromatic N) is 1. The van der Waals surface area contributed by atoms with Gasteiger partial charge in [-0.05, 0) is 43.4 Å².